The Morgan fingerprint density at radius 3 is 2.61 bits per heavy atom. The second-order valence-corrected chi connectivity index (χ2v) is 6.81. The minimum atomic E-state index is -0.292. The van der Waals surface area contributed by atoms with E-state index in [9.17, 15) is 4.79 Å². The molecule has 9 heteroatoms. The lowest BCUT2D eigenvalue weighted by Crippen LogP contribution is -2.27. The summed E-state index contributed by atoms with van der Waals surface area (Å²) < 4.78 is 3.38. The number of hydrogen-bond acceptors (Lipinski definition) is 5. The van der Waals surface area contributed by atoms with Gasteiger partial charge in [-0.15, -0.1) is 12.4 Å². The number of para-hydroxylation sites is 1. The number of carbonyl (C=O) groups is 1. The van der Waals surface area contributed by atoms with Crippen molar-refractivity contribution in [2.75, 3.05) is 18.4 Å². The fraction of sp³-hybridized carbons (Fsp3) is 0.368. The van der Waals surface area contributed by atoms with Crippen LogP contribution in [0.3, 0.4) is 0 Å². The van der Waals surface area contributed by atoms with Crippen LogP contribution in [0.4, 0.5) is 5.95 Å². The number of carbonyl (C=O) groups excluding carboxylic acids is 1. The molecule has 0 saturated carbocycles. The van der Waals surface area contributed by atoms with Crippen LogP contribution in [0, 0.1) is 6.92 Å². The summed E-state index contributed by atoms with van der Waals surface area (Å²) in [4.78, 5) is 17.2. The first kappa shape index (κ1) is 20.0. The van der Waals surface area contributed by atoms with Crippen LogP contribution >= 0.6 is 12.4 Å². The molecule has 1 saturated heterocycles. The molecule has 0 spiro atoms. The van der Waals surface area contributed by atoms with E-state index in [1.54, 1.807) is 22.5 Å². The second-order valence-electron chi connectivity index (χ2n) is 6.81. The molecule has 148 valence electrons. The van der Waals surface area contributed by atoms with Gasteiger partial charge in [0.1, 0.15) is 0 Å². The second kappa shape index (κ2) is 8.53. The molecule has 3 heterocycles. The highest BCUT2D eigenvalue weighted by Crippen LogP contribution is 2.23. The number of aromatic nitrogens is 5. The maximum absolute atomic E-state index is 12.7. The predicted molar refractivity (Wildman–Crippen MR) is 109 cm³/mol. The Balaban J connectivity index is 0.00000225. The molecule has 1 amide bonds. The van der Waals surface area contributed by atoms with E-state index in [0.29, 0.717) is 17.6 Å². The fourth-order valence-electron chi connectivity index (χ4n) is 3.35. The number of halogens is 1. The average molecular weight is 402 g/mol. The third kappa shape index (κ3) is 4.07. The topological polar surface area (TPSA) is 89.7 Å². The molecule has 2 N–H and O–H groups in total. The zero-order valence-electron chi connectivity index (χ0n) is 15.9. The highest BCUT2D eigenvalue weighted by molar-refractivity contribution is 6.02. The van der Waals surface area contributed by atoms with Gasteiger partial charge in [0.05, 0.1) is 5.69 Å². The molecular weight excluding hydrogens is 378 g/mol. The van der Waals surface area contributed by atoms with E-state index >= 15 is 0 Å². The minimum Gasteiger partial charge on any atom is -0.317 e. The summed E-state index contributed by atoms with van der Waals surface area (Å²) in [6.07, 6.45) is 2.02. The van der Waals surface area contributed by atoms with Crippen molar-refractivity contribution < 1.29 is 4.79 Å². The largest absolute Gasteiger partial charge is 0.317 e. The predicted octanol–water partition coefficient (Wildman–Crippen LogP) is 2.45. The number of hydrogen-bond donors (Lipinski definition) is 2. The smallest absolute Gasteiger partial charge is 0.278 e. The molecule has 28 heavy (non-hydrogen) atoms. The van der Waals surface area contributed by atoms with Crippen molar-refractivity contribution in [2.45, 2.75) is 25.7 Å². The van der Waals surface area contributed by atoms with E-state index in [-0.39, 0.29) is 18.3 Å². The Bertz CT molecular complexity index is 945. The van der Waals surface area contributed by atoms with Gasteiger partial charge in [0.15, 0.2) is 11.5 Å². The number of anilines is 1. The summed E-state index contributed by atoms with van der Waals surface area (Å²) in [7, 11) is 1.79. The summed E-state index contributed by atoms with van der Waals surface area (Å²) in [6.45, 7) is 3.87. The van der Waals surface area contributed by atoms with Crippen molar-refractivity contribution >= 4 is 24.3 Å². The van der Waals surface area contributed by atoms with E-state index in [1.165, 1.54) is 0 Å². The number of aryl methyl sites for hydroxylation is 2. The summed E-state index contributed by atoms with van der Waals surface area (Å²) in [5.74, 6) is 1.28. The van der Waals surface area contributed by atoms with Gasteiger partial charge in [-0.05, 0) is 51.1 Å². The Kier molecular flexibility index (Phi) is 6.11. The van der Waals surface area contributed by atoms with Crippen LogP contribution in [0.1, 0.15) is 40.8 Å². The van der Waals surface area contributed by atoms with Crippen molar-refractivity contribution in [3.63, 3.8) is 0 Å². The number of benzene rings is 1. The van der Waals surface area contributed by atoms with Crippen molar-refractivity contribution in [3.8, 4) is 5.69 Å². The van der Waals surface area contributed by atoms with Gasteiger partial charge in [0, 0.05) is 18.7 Å². The van der Waals surface area contributed by atoms with Gasteiger partial charge in [-0.3, -0.25) is 10.1 Å². The number of nitrogens with zero attached hydrogens (tertiary/aromatic N) is 5. The van der Waals surface area contributed by atoms with Crippen molar-refractivity contribution in [1.29, 1.82) is 0 Å². The standard InChI is InChI=1S/C19H23N7O.ClH/c1-13-12-16(23-26(13)15-6-4-3-5-7-15)18(27)22-19-21-17(24-25(19)2)14-8-10-20-11-9-14;/h3-7,12,14,20H,8-11H2,1-2H3,(H,21,22,24,27);1H. The van der Waals surface area contributed by atoms with Gasteiger partial charge in [-0.2, -0.15) is 15.2 Å². The maximum Gasteiger partial charge on any atom is 0.278 e. The van der Waals surface area contributed by atoms with E-state index in [0.717, 1.165) is 43.1 Å². The maximum atomic E-state index is 12.7. The lowest BCUT2D eigenvalue weighted by atomic mass is 9.98. The van der Waals surface area contributed by atoms with Gasteiger partial charge >= 0.3 is 0 Å². The molecule has 0 radical (unpaired) electrons. The molecule has 1 fully saturated rings. The molecule has 1 aliphatic rings. The normalized spacial score (nSPS) is 14.5. The van der Waals surface area contributed by atoms with Crippen molar-refractivity contribution in [1.82, 2.24) is 29.9 Å². The van der Waals surface area contributed by atoms with E-state index in [1.807, 2.05) is 37.3 Å². The molecule has 3 aromatic rings. The zero-order valence-corrected chi connectivity index (χ0v) is 16.7. The third-order valence-corrected chi connectivity index (χ3v) is 4.83. The summed E-state index contributed by atoms with van der Waals surface area (Å²) in [6, 6.07) is 11.5. The number of amides is 1. The molecule has 0 atom stereocenters. The third-order valence-electron chi connectivity index (χ3n) is 4.83. The molecule has 0 aliphatic carbocycles. The van der Waals surface area contributed by atoms with Gasteiger partial charge in [0.2, 0.25) is 5.95 Å². The highest BCUT2D eigenvalue weighted by Gasteiger charge is 2.22. The van der Waals surface area contributed by atoms with Crippen LogP contribution in [0.5, 0.6) is 0 Å². The zero-order chi connectivity index (χ0) is 18.8. The molecule has 4 rings (SSSR count). The van der Waals surface area contributed by atoms with Crippen LogP contribution in [-0.4, -0.2) is 43.5 Å². The average Bonchev–Trinajstić information content (AvgIpc) is 3.26. The highest BCUT2D eigenvalue weighted by atomic mass is 35.5. The number of piperidine rings is 1. The molecule has 2 aromatic heterocycles. The monoisotopic (exact) mass is 401 g/mol. The number of nitrogens with one attached hydrogen (secondary N) is 2. The van der Waals surface area contributed by atoms with E-state index in [2.05, 4.69) is 25.8 Å². The van der Waals surface area contributed by atoms with Gasteiger partial charge in [0.25, 0.3) is 5.91 Å². The lowest BCUT2D eigenvalue weighted by Gasteiger charge is -2.19. The van der Waals surface area contributed by atoms with Crippen molar-refractivity contribution in [3.05, 3.63) is 53.6 Å². The summed E-state index contributed by atoms with van der Waals surface area (Å²) in [5, 5.41) is 15.1. The Morgan fingerprint density at radius 1 is 1.18 bits per heavy atom. The van der Waals surface area contributed by atoms with Gasteiger partial charge in [-0.25, -0.2) is 9.36 Å². The Hall–Kier alpha value is -2.71. The van der Waals surface area contributed by atoms with Crippen LogP contribution in [0.25, 0.3) is 5.69 Å². The first-order chi connectivity index (χ1) is 13.1. The van der Waals surface area contributed by atoms with E-state index in [4.69, 9.17) is 0 Å². The van der Waals surface area contributed by atoms with Crippen LogP contribution in [0.15, 0.2) is 36.4 Å². The summed E-state index contributed by atoms with van der Waals surface area (Å²) in [5.41, 5.74) is 2.16. The fourth-order valence-corrected chi connectivity index (χ4v) is 3.35. The molecular formula is C19H24ClN7O. The van der Waals surface area contributed by atoms with Gasteiger partial charge in [-0.1, -0.05) is 18.2 Å². The molecule has 8 nitrogen and oxygen atoms in total. The molecule has 0 bridgehead atoms. The van der Waals surface area contributed by atoms with Crippen LogP contribution in [0.2, 0.25) is 0 Å². The first-order valence-corrected chi connectivity index (χ1v) is 9.17. The molecule has 1 aromatic carbocycles. The lowest BCUT2D eigenvalue weighted by molar-refractivity contribution is 0.102. The Morgan fingerprint density at radius 2 is 1.89 bits per heavy atom. The van der Waals surface area contributed by atoms with Gasteiger partial charge < -0.3 is 5.32 Å². The van der Waals surface area contributed by atoms with Crippen LogP contribution in [-0.2, 0) is 7.05 Å². The SMILES string of the molecule is Cc1cc(C(=O)Nc2nc(C3CCNCC3)nn2C)nn1-c1ccccc1.Cl. The first-order valence-electron chi connectivity index (χ1n) is 9.17. The van der Waals surface area contributed by atoms with Crippen molar-refractivity contribution in [2.24, 2.45) is 7.05 Å². The quantitative estimate of drug-likeness (QED) is 0.700. The Labute approximate surface area is 169 Å². The molecule has 0 unspecified atom stereocenters. The number of rotatable bonds is 4. The minimum absolute atomic E-state index is 0. The molecule has 1 aliphatic heterocycles. The van der Waals surface area contributed by atoms with E-state index < -0.39 is 0 Å². The summed E-state index contributed by atoms with van der Waals surface area (Å²) >= 11 is 0. The van der Waals surface area contributed by atoms with Crippen LogP contribution < -0.4 is 10.6 Å².